The minimum Gasteiger partial charge on any atom is -0.496 e. The van der Waals surface area contributed by atoms with Gasteiger partial charge in [0.15, 0.2) is 5.82 Å². The molecule has 0 fully saturated rings. The van der Waals surface area contributed by atoms with E-state index in [1.54, 1.807) is 14.2 Å². The van der Waals surface area contributed by atoms with E-state index in [0.29, 0.717) is 12.2 Å². The van der Waals surface area contributed by atoms with Gasteiger partial charge in [-0.05, 0) is 11.3 Å². The van der Waals surface area contributed by atoms with Crippen molar-refractivity contribution < 1.29 is 4.74 Å². The van der Waals surface area contributed by atoms with E-state index in [4.69, 9.17) is 10.6 Å². The van der Waals surface area contributed by atoms with E-state index >= 15 is 0 Å². The summed E-state index contributed by atoms with van der Waals surface area (Å²) in [7, 11) is 3.36. The molecule has 2 aromatic rings. The third-order valence-electron chi connectivity index (χ3n) is 2.65. The molecule has 2 rings (SSSR count). The molecule has 0 saturated carbocycles. The molecule has 0 bridgehead atoms. The molecule has 0 spiro atoms. The molecule has 96 valence electrons. The van der Waals surface area contributed by atoms with Crippen molar-refractivity contribution >= 4 is 0 Å². The minimum absolute atomic E-state index is 0.120. The summed E-state index contributed by atoms with van der Waals surface area (Å²) in [6.45, 7) is 0. The number of nitrogens with two attached hydrogens (primary N) is 1. The summed E-state index contributed by atoms with van der Waals surface area (Å²) in [6, 6.07) is 7.58. The molecule has 7 heteroatoms. The molecular formula is C11H16N6O. The fourth-order valence-electron chi connectivity index (χ4n) is 1.80. The average Bonchev–Trinajstić information content (AvgIpc) is 2.81. The van der Waals surface area contributed by atoms with Gasteiger partial charge in [-0.2, -0.15) is 4.80 Å². The van der Waals surface area contributed by atoms with Crippen LogP contribution in [-0.4, -0.2) is 27.3 Å². The van der Waals surface area contributed by atoms with E-state index in [-0.39, 0.29) is 6.04 Å². The van der Waals surface area contributed by atoms with Crippen LogP contribution >= 0.6 is 0 Å². The molecule has 0 amide bonds. The normalized spacial score (nSPS) is 12.4. The molecule has 1 unspecified atom stereocenters. The molecule has 0 aliphatic heterocycles. The number of nitrogens with one attached hydrogen (secondary N) is 1. The van der Waals surface area contributed by atoms with Gasteiger partial charge in [0.25, 0.3) is 0 Å². The second-order valence-electron chi connectivity index (χ2n) is 3.86. The first-order valence-corrected chi connectivity index (χ1v) is 5.56. The van der Waals surface area contributed by atoms with Crippen LogP contribution in [-0.2, 0) is 13.5 Å². The average molecular weight is 248 g/mol. The van der Waals surface area contributed by atoms with Crippen LogP contribution in [0, 0.1) is 0 Å². The van der Waals surface area contributed by atoms with Crippen molar-refractivity contribution in [1.82, 2.24) is 25.6 Å². The first-order chi connectivity index (χ1) is 8.74. The molecule has 0 aliphatic rings. The molecule has 1 atom stereocenters. The van der Waals surface area contributed by atoms with Gasteiger partial charge in [0.2, 0.25) is 0 Å². The van der Waals surface area contributed by atoms with Crippen molar-refractivity contribution in [2.24, 2.45) is 12.9 Å². The van der Waals surface area contributed by atoms with Crippen LogP contribution in [0.4, 0.5) is 0 Å². The minimum atomic E-state index is -0.120. The van der Waals surface area contributed by atoms with Crippen molar-refractivity contribution in [3.05, 3.63) is 35.7 Å². The lowest BCUT2D eigenvalue weighted by Gasteiger charge is -2.17. The quantitative estimate of drug-likeness (QED) is 0.570. The molecule has 7 nitrogen and oxygen atoms in total. The first-order valence-electron chi connectivity index (χ1n) is 5.56. The number of nitrogens with zero attached hydrogens (tertiary/aromatic N) is 4. The Kier molecular flexibility index (Phi) is 3.85. The fourth-order valence-corrected chi connectivity index (χ4v) is 1.80. The Hall–Kier alpha value is -1.99. The van der Waals surface area contributed by atoms with Crippen LogP contribution in [0.1, 0.15) is 17.4 Å². The highest BCUT2D eigenvalue weighted by Crippen LogP contribution is 2.25. The number of hydrogen-bond acceptors (Lipinski definition) is 6. The molecule has 0 saturated heterocycles. The highest BCUT2D eigenvalue weighted by atomic mass is 16.5. The second kappa shape index (κ2) is 5.56. The van der Waals surface area contributed by atoms with Gasteiger partial charge in [0, 0.05) is 12.0 Å². The Morgan fingerprint density at radius 2 is 2.22 bits per heavy atom. The standard InChI is InChI=1S/C11H16N6O/c1-17-15-11(14-16-17)7-9(13-12)8-5-3-4-6-10(8)18-2/h3-6,9,13H,7,12H2,1-2H3. The lowest BCUT2D eigenvalue weighted by Crippen LogP contribution is -2.30. The van der Waals surface area contributed by atoms with Gasteiger partial charge in [-0.3, -0.25) is 11.3 Å². The van der Waals surface area contributed by atoms with Crippen LogP contribution in [0.15, 0.2) is 24.3 Å². The number of hydrogen-bond donors (Lipinski definition) is 2. The number of benzene rings is 1. The van der Waals surface area contributed by atoms with Crippen LogP contribution in [0.3, 0.4) is 0 Å². The van der Waals surface area contributed by atoms with Crippen molar-refractivity contribution in [3.8, 4) is 5.75 Å². The predicted molar refractivity (Wildman–Crippen MR) is 65.6 cm³/mol. The number of hydrazine groups is 1. The Morgan fingerprint density at radius 1 is 1.44 bits per heavy atom. The van der Waals surface area contributed by atoms with Crippen molar-refractivity contribution in [1.29, 1.82) is 0 Å². The summed E-state index contributed by atoms with van der Waals surface area (Å²) < 4.78 is 5.31. The van der Waals surface area contributed by atoms with Gasteiger partial charge in [0.1, 0.15) is 5.75 Å². The molecule has 3 N–H and O–H groups in total. The Labute approximate surface area is 105 Å². The lowest BCUT2D eigenvalue weighted by molar-refractivity contribution is 0.398. The number of aryl methyl sites for hydroxylation is 1. The van der Waals surface area contributed by atoms with Crippen LogP contribution in [0.5, 0.6) is 5.75 Å². The summed E-state index contributed by atoms with van der Waals surface area (Å²) in [5.41, 5.74) is 3.72. The van der Waals surface area contributed by atoms with Gasteiger partial charge in [-0.15, -0.1) is 10.2 Å². The summed E-state index contributed by atoms with van der Waals surface area (Å²) >= 11 is 0. The third kappa shape index (κ3) is 2.63. The van der Waals surface area contributed by atoms with E-state index in [1.807, 2.05) is 24.3 Å². The zero-order chi connectivity index (χ0) is 13.0. The van der Waals surface area contributed by atoms with Crippen molar-refractivity contribution in [3.63, 3.8) is 0 Å². The van der Waals surface area contributed by atoms with Gasteiger partial charge >= 0.3 is 0 Å². The summed E-state index contributed by atoms with van der Waals surface area (Å²) in [4.78, 5) is 1.42. The Balaban J connectivity index is 2.22. The predicted octanol–water partition coefficient (Wildman–Crippen LogP) is -0.0342. The van der Waals surface area contributed by atoms with E-state index in [2.05, 4.69) is 20.8 Å². The highest BCUT2D eigenvalue weighted by molar-refractivity contribution is 5.36. The molecule has 0 radical (unpaired) electrons. The lowest BCUT2D eigenvalue weighted by atomic mass is 10.0. The molecule has 1 aromatic heterocycles. The third-order valence-corrected chi connectivity index (χ3v) is 2.65. The number of methoxy groups -OCH3 is 1. The SMILES string of the molecule is COc1ccccc1C(Cc1nnn(C)n1)NN. The number of para-hydroxylation sites is 1. The molecule has 1 heterocycles. The van der Waals surface area contributed by atoms with Gasteiger partial charge in [-0.25, -0.2) is 0 Å². The van der Waals surface area contributed by atoms with Crippen LogP contribution in [0.2, 0.25) is 0 Å². The first kappa shape index (κ1) is 12.5. The highest BCUT2D eigenvalue weighted by Gasteiger charge is 2.17. The molecular weight excluding hydrogens is 232 g/mol. The number of aromatic nitrogens is 4. The zero-order valence-electron chi connectivity index (χ0n) is 10.4. The smallest absolute Gasteiger partial charge is 0.176 e. The van der Waals surface area contributed by atoms with E-state index < -0.39 is 0 Å². The van der Waals surface area contributed by atoms with E-state index in [9.17, 15) is 0 Å². The second-order valence-corrected chi connectivity index (χ2v) is 3.86. The monoisotopic (exact) mass is 248 g/mol. The Bertz CT molecular complexity index is 512. The maximum Gasteiger partial charge on any atom is 0.176 e. The van der Waals surface area contributed by atoms with Gasteiger partial charge in [0.05, 0.1) is 20.2 Å². The van der Waals surface area contributed by atoms with Crippen molar-refractivity contribution in [2.45, 2.75) is 12.5 Å². The van der Waals surface area contributed by atoms with Crippen molar-refractivity contribution in [2.75, 3.05) is 7.11 Å². The number of tetrazole rings is 1. The van der Waals surface area contributed by atoms with Crippen LogP contribution in [0.25, 0.3) is 0 Å². The fraction of sp³-hybridized carbons (Fsp3) is 0.364. The maximum atomic E-state index is 5.59. The topological polar surface area (TPSA) is 90.9 Å². The number of ether oxygens (including phenoxy) is 1. The Morgan fingerprint density at radius 3 is 2.83 bits per heavy atom. The summed E-state index contributed by atoms with van der Waals surface area (Å²) in [5, 5.41) is 11.9. The number of rotatable bonds is 5. The van der Waals surface area contributed by atoms with E-state index in [0.717, 1.165) is 11.3 Å². The zero-order valence-corrected chi connectivity index (χ0v) is 10.4. The summed E-state index contributed by atoms with van der Waals surface area (Å²) in [5.74, 6) is 7.01. The summed E-state index contributed by atoms with van der Waals surface area (Å²) in [6.07, 6.45) is 0.546. The van der Waals surface area contributed by atoms with Crippen LogP contribution < -0.4 is 16.0 Å². The molecule has 0 aliphatic carbocycles. The molecule has 1 aromatic carbocycles. The molecule has 18 heavy (non-hydrogen) atoms. The maximum absolute atomic E-state index is 5.59. The van der Waals surface area contributed by atoms with Gasteiger partial charge < -0.3 is 4.74 Å². The van der Waals surface area contributed by atoms with E-state index in [1.165, 1.54) is 4.80 Å². The van der Waals surface area contributed by atoms with Gasteiger partial charge in [-0.1, -0.05) is 18.2 Å². The largest absolute Gasteiger partial charge is 0.496 e.